The molecule has 0 unspecified atom stereocenters. The molecule has 5 heteroatoms. The van der Waals surface area contributed by atoms with Crippen molar-refractivity contribution in [3.8, 4) is 11.5 Å². The van der Waals surface area contributed by atoms with Crippen molar-refractivity contribution < 1.29 is 9.47 Å². The molecule has 2 aliphatic rings. The molecule has 0 aromatic heterocycles. The van der Waals surface area contributed by atoms with Gasteiger partial charge in [-0.05, 0) is 93.3 Å². The average Bonchev–Trinajstić information content (AvgIpc) is 3.08. The Hall–Kier alpha value is -4.35. The summed E-state index contributed by atoms with van der Waals surface area (Å²) in [5, 5.41) is 0. The fourth-order valence-electron chi connectivity index (χ4n) is 6.86. The molecule has 0 fully saturated rings. The Morgan fingerprint density at radius 1 is 0.800 bits per heavy atom. The minimum absolute atomic E-state index is 0.347. The first kappa shape index (κ1) is 29.4. The quantitative estimate of drug-likeness (QED) is 0.156. The highest BCUT2D eigenvalue weighted by Crippen LogP contribution is 2.50. The third-order valence-electron chi connectivity index (χ3n) is 9.12. The van der Waals surface area contributed by atoms with E-state index in [9.17, 15) is 0 Å². The Morgan fingerprint density at radius 3 is 1.98 bits per heavy atom. The van der Waals surface area contributed by atoms with E-state index in [1.54, 1.807) is 7.11 Å². The first-order valence-electron chi connectivity index (χ1n) is 15.7. The minimum atomic E-state index is 0.347. The van der Waals surface area contributed by atoms with Gasteiger partial charge in [-0.25, -0.2) is 0 Å². The van der Waals surface area contributed by atoms with Gasteiger partial charge in [-0.1, -0.05) is 90.5 Å². The van der Waals surface area contributed by atoms with Crippen molar-refractivity contribution in [3.05, 3.63) is 153 Å². The van der Waals surface area contributed by atoms with Gasteiger partial charge < -0.3 is 14.4 Å². The molecule has 2 atom stereocenters. The predicted molar refractivity (Wildman–Crippen MR) is 188 cm³/mol. The van der Waals surface area contributed by atoms with Gasteiger partial charge in [0.05, 0.1) is 17.3 Å². The van der Waals surface area contributed by atoms with Crippen LogP contribution in [0, 0.1) is 6.92 Å². The number of hydrogen-bond acceptors (Lipinski definition) is 4. The third-order valence-corrected chi connectivity index (χ3v) is 9.71. The fourth-order valence-corrected chi connectivity index (χ4v) is 7.43. The average molecular weight is 658 g/mol. The van der Waals surface area contributed by atoms with Crippen LogP contribution in [0.4, 0.5) is 11.4 Å². The lowest BCUT2D eigenvalue weighted by Crippen LogP contribution is -2.37. The topological polar surface area (TPSA) is 34.1 Å². The molecule has 4 nitrogen and oxygen atoms in total. The minimum Gasteiger partial charge on any atom is -0.493 e. The van der Waals surface area contributed by atoms with Crippen molar-refractivity contribution in [2.75, 3.05) is 25.1 Å². The number of ether oxygens (including phenoxy) is 2. The molecule has 226 valence electrons. The van der Waals surface area contributed by atoms with Crippen molar-refractivity contribution >= 4 is 33.5 Å². The van der Waals surface area contributed by atoms with Crippen molar-refractivity contribution in [1.82, 2.24) is 0 Å². The fraction of sp³-hybridized carbons (Fsp3) is 0.225. The van der Waals surface area contributed by atoms with Crippen LogP contribution in [0.3, 0.4) is 0 Å². The van der Waals surface area contributed by atoms with E-state index in [-0.39, 0.29) is 0 Å². The molecule has 7 rings (SSSR count). The van der Waals surface area contributed by atoms with E-state index in [4.69, 9.17) is 14.5 Å². The zero-order chi connectivity index (χ0) is 30.8. The summed E-state index contributed by atoms with van der Waals surface area (Å²) in [5.41, 5.74) is 11.2. The number of hydrogen-bond donors (Lipinski definition) is 0. The Morgan fingerprint density at radius 2 is 1.40 bits per heavy atom. The normalized spacial score (nSPS) is 17.3. The number of rotatable bonds is 8. The van der Waals surface area contributed by atoms with Gasteiger partial charge in [0.2, 0.25) is 0 Å². The Labute approximate surface area is 274 Å². The van der Waals surface area contributed by atoms with Gasteiger partial charge >= 0.3 is 0 Å². The van der Waals surface area contributed by atoms with Crippen LogP contribution in [0.5, 0.6) is 11.5 Å². The maximum Gasteiger partial charge on any atom is 0.175 e. The molecule has 45 heavy (non-hydrogen) atoms. The van der Waals surface area contributed by atoms with Gasteiger partial charge in [-0.3, -0.25) is 4.99 Å². The van der Waals surface area contributed by atoms with Gasteiger partial charge in [-0.2, -0.15) is 0 Å². The zero-order valence-electron chi connectivity index (χ0n) is 25.7. The smallest absolute Gasteiger partial charge is 0.175 e. The highest BCUT2D eigenvalue weighted by atomic mass is 79.9. The van der Waals surface area contributed by atoms with E-state index >= 15 is 0 Å². The first-order chi connectivity index (χ1) is 22.1. The van der Waals surface area contributed by atoms with Gasteiger partial charge in [0.1, 0.15) is 6.61 Å². The number of halogens is 1. The molecule has 5 aromatic carbocycles. The standard InChI is InChI=1S/C40H37BrN2O2/c1-27-13-15-28(16-14-27)26-45-40-37(41)21-29(22-38(40)44-2)25-42-32-23-35-33(30-9-5-3-6-10-30)17-19-43-20-18-34(36(24-32)39(35)43)31-11-7-4-8-12-31/h3-16,21-25,33-34H,17-20,26H2,1-2H3/t33-,34+. The first-order valence-corrected chi connectivity index (χ1v) is 16.5. The highest BCUT2D eigenvalue weighted by Gasteiger charge is 2.35. The molecular weight excluding hydrogens is 620 g/mol. The summed E-state index contributed by atoms with van der Waals surface area (Å²) in [4.78, 5) is 7.69. The van der Waals surface area contributed by atoms with Crippen LogP contribution in [0.25, 0.3) is 0 Å². The second-order valence-electron chi connectivity index (χ2n) is 12.0. The van der Waals surface area contributed by atoms with Crippen LogP contribution in [-0.2, 0) is 6.61 Å². The molecule has 0 radical (unpaired) electrons. The molecule has 0 amide bonds. The molecule has 0 bridgehead atoms. The van der Waals surface area contributed by atoms with E-state index < -0.39 is 0 Å². The Bertz CT molecular complexity index is 1750. The van der Waals surface area contributed by atoms with Crippen molar-refractivity contribution in [3.63, 3.8) is 0 Å². The van der Waals surface area contributed by atoms with Gasteiger partial charge in [0, 0.05) is 36.8 Å². The summed E-state index contributed by atoms with van der Waals surface area (Å²) < 4.78 is 12.8. The summed E-state index contributed by atoms with van der Waals surface area (Å²) in [6.45, 7) is 4.71. The van der Waals surface area contributed by atoms with Crippen LogP contribution < -0.4 is 14.4 Å². The summed E-state index contributed by atoms with van der Waals surface area (Å²) in [6.07, 6.45) is 4.14. The lowest BCUT2D eigenvalue weighted by atomic mass is 9.76. The summed E-state index contributed by atoms with van der Waals surface area (Å²) in [6, 6.07) is 38.9. The number of nitrogens with zero attached hydrogens (tertiary/aromatic N) is 2. The van der Waals surface area contributed by atoms with Gasteiger partial charge in [0.15, 0.2) is 11.5 Å². The van der Waals surface area contributed by atoms with Crippen LogP contribution in [-0.4, -0.2) is 26.4 Å². The van der Waals surface area contributed by atoms with E-state index in [0.717, 1.165) is 47.2 Å². The maximum atomic E-state index is 6.20. The van der Waals surface area contributed by atoms with Crippen LogP contribution in [0.2, 0.25) is 0 Å². The molecule has 0 spiro atoms. The lowest BCUT2D eigenvalue weighted by Gasteiger charge is -2.43. The molecular formula is C40H37BrN2O2. The number of aryl methyl sites for hydroxylation is 1. The number of benzene rings is 5. The molecule has 2 heterocycles. The molecule has 5 aromatic rings. The van der Waals surface area contributed by atoms with E-state index in [1.165, 1.54) is 33.5 Å². The molecule has 0 saturated carbocycles. The molecule has 2 aliphatic heterocycles. The Kier molecular flexibility index (Phi) is 8.45. The largest absolute Gasteiger partial charge is 0.493 e. The van der Waals surface area contributed by atoms with Crippen LogP contribution in [0.15, 0.2) is 119 Å². The van der Waals surface area contributed by atoms with E-state index in [2.05, 4.69) is 125 Å². The van der Waals surface area contributed by atoms with Crippen LogP contribution in [0.1, 0.15) is 63.6 Å². The number of methoxy groups -OCH3 is 1. The second-order valence-corrected chi connectivity index (χ2v) is 12.9. The second kappa shape index (κ2) is 12.9. The number of aliphatic imine (C=N–C) groups is 1. The van der Waals surface area contributed by atoms with Gasteiger partial charge in [-0.15, -0.1) is 0 Å². The third kappa shape index (κ3) is 6.14. The predicted octanol–water partition coefficient (Wildman–Crippen LogP) is 9.97. The summed E-state index contributed by atoms with van der Waals surface area (Å²) >= 11 is 3.73. The molecule has 0 aliphatic carbocycles. The Balaban J connectivity index is 1.25. The lowest BCUT2D eigenvalue weighted by molar-refractivity contribution is 0.282. The molecule has 0 N–H and O–H groups in total. The SMILES string of the molecule is COc1cc(C=Nc2cc3c4c(c2)[C@H](c2ccccc2)CCN4CC[C@@H]3c2ccccc2)cc(Br)c1OCc1ccc(C)cc1. The summed E-state index contributed by atoms with van der Waals surface area (Å²) in [5.74, 6) is 2.05. The zero-order valence-corrected chi connectivity index (χ0v) is 27.3. The monoisotopic (exact) mass is 656 g/mol. The maximum absolute atomic E-state index is 6.20. The van der Waals surface area contributed by atoms with Crippen LogP contribution >= 0.6 is 15.9 Å². The number of anilines is 1. The van der Waals surface area contributed by atoms with E-state index in [1.807, 2.05) is 18.3 Å². The van der Waals surface area contributed by atoms with E-state index in [0.29, 0.717) is 29.9 Å². The van der Waals surface area contributed by atoms with Crippen molar-refractivity contribution in [2.45, 2.75) is 38.2 Å². The van der Waals surface area contributed by atoms with Crippen molar-refractivity contribution in [1.29, 1.82) is 0 Å². The van der Waals surface area contributed by atoms with Crippen molar-refractivity contribution in [2.24, 2.45) is 4.99 Å². The molecule has 0 saturated heterocycles. The highest BCUT2D eigenvalue weighted by molar-refractivity contribution is 9.10. The summed E-state index contributed by atoms with van der Waals surface area (Å²) in [7, 11) is 1.68. The van der Waals surface area contributed by atoms with Gasteiger partial charge in [0.25, 0.3) is 0 Å².